The van der Waals surface area contributed by atoms with Gasteiger partial charge in [-0.1, -0.05) is 30.3 Å². The number of aromatic amines is 1. The number of benzene rings is 2. The first kappa shape index (κ1) is 22.9. The maximum atomic E-state index is 12.1. The van der Waals surface area contributed by atoms with Crippen molar-refractivity contribution in [2.45, 2.75) is 13.5 Å². The summed E-state index contributed by atoms with van der Waals surface area (Å²) in [5.41, 5.74) is 2.96. The van der Waals surface area contributed by atoms with Gasteiger partial charge in [0.15, 0.2) is 5.82 Å². The number of imidazole rings is 1. The van der Waals surface area contributed by atoms with Gasteiger partial charge >= 0.3 is 6.09 Å². The van der Waals surface area contributed by atoms with Crippen molar-refractivity contribution in [2.24, 2.45) is 0 Å². The molecule has 0 bridgehead atoms. The summed E-state index contributed by atoms with van der Waals surface area (Å²) in [5, 5.41) is 2.66. The highest BCUT2D eigenvalue weighted by atomic mass is 35.5. The Morgan fingerprint density at radius 3 is 2.62 bits per heavy atom. The molecule has 2 N–H and O–H groups in total. The molecule has 2 aliphatic heterocycles. The van der Waals surface area contributed by atoms with Gasteiger partial charge in [0.25, 0.3) is 5.56 Å². The largest absolute Gasteiger partial charge is 0.492 e. The third-order valence-corrected chi connectivity index (χ3v) is 4.69. The zero-order valence-corrected chi connectivity index (χ0v) is 18.2. The summed E-state index contributed by atoms with van der Waals surface area (Å²) in [7, 11) is 0. The molecule has 0 saturated carbocycles. The number of halogens is 1. The molecule has 0 unspecified atom stereocenters. The van der Waals surface area contributed by atoms with Crippen molar-refractivity contribution >= 4 is 18.5 Å². The lowest BCUT2D eigenvalue weighted by molar-refractivity contribution is 0.137. The van der Waals surface area contributed by atoms with Gasteiger partial charge in [-0.25, -0.2) is 9.78 Å². The summed E-state index contributed by atoms with van der Waals surface area (Å²) < 4.78 is 12.3. The molecule has 2 aromatic carbocycles. The molecule has 9 heteroatoms. The number of alkyl carbamates (subject to hydrolysis) is 1. The van der Waals surface area contributed by atoms with Crippen LogP contribution in [-0.4, -0.2) is 33.8 Å². The predicted octanol–water partition coefficient (Wildman–Crippen LogP) is 3.70. The van der Waals surface area contributed by atoms with Crippen LogP contribution in [0, 0.1) is 6.92 Å². The Morgan fingerprint density at radius 2 is 1.88 bits per heavy atom. The number of rotatable bonds is 7. The zero-order chi connectivity index (χ0) is 21.6. The Morgan fingerprint density at radius 1 is 1.12 bits per heavy atom. The number of carbonyl (C=O) groups is 1. The average molecular weight is 455 g/mol. The number of amides is 1. The third-order valence-electron chi connectivity index (χ3n) is 4.69. The van der Waals surface area contributed by atoms with Crippen LogP contribution >= 0.6 is 12.4 Å². The molecular weight excluding hydrogens is 432 g/mol. The summed E-state index contributed by atoms with van der Waals surface area (Å²) in [6.07, 6.45) is 2.95. The van der Waals surface area contributed by atoms with E-state index in [1.807, 2.05) is 54.6 Å². The lowest BCUT2D eigenvalue weighted by Gasteiger charge is -2.10. The second-order valence-electron chi connectivity index (χ2n) is 6.92. The van der Waals surface area contributed by atoms with E-state index in [2.05, 4.69) is 15.3 Å². The van der Waals surface area contributed by atoms with Crippen LogP contribution in [0.15, 0.2) is 71.8 Å². The van der Waals surface area contributed by atoms with Gasteiger partial charge in [-0.2, -0.15) is 0 Å². The normalized spacial score (nSPS) is 10.4. The van der Waals surface area contributed by atoms with Crippen molar-refractivity contribution in [3.63, 3.8) is 0 Å². The molecule has 0 aliphatic carbocycles. The molecule has 166 valence electrons. The van der Waals surface area contributed by atoms with Crippen LogP contribution in [0.3, 0.4) is 0 Å². The molecule has 32 heavy (non-hydrogen) atoms. The second kappa shape index (κ2) is 10.5. The number of nitrogens with zero attached hydrogens (tertiary/aromatic N) is 2. The van der Waals surface area contributed by atoms with E-state index in [0.29, 0.717) is 30.4 Å². The summed E-state index contributed by atoms with van der Waals surface area (Å²) in [6.45, 7) is 2.56. The minimum Gasteiger partial charge on any atom is -0.492 e. The number of hydrogen-bond acceptors (Lipinski definition) is 5. The first-order valence-electron chi connectivity index (χ1n) is 9.85. The molecule has 0 fully saturated rings. The molecule has 4 rings (SSSR count). The molecule has 8 nitrogen and oxygen atoms in total. The van der Waals surface area contributed by atoms with Crippen LogP contribution < -0.4 is 15.6 Å². The minimum absolute atomic E-state index is 0. The van der Waals surface area contributed by atoms with Crippen LogP contribution in [0.2, 0.25) is 0 Å². The number of H-pyrrole nitrogens is 1. The van der Waals surface area contributed by atoms with Gasteiger partial charge in [0, 0.05) is 12.4 Å². The van der Waals surface area contributed by atoms with Gasteiger partial charge in [-0.05, 0) is 42.3 Å². The highest BCUT2D eigenvalue weighted by molar-refractivity contribution is 5.85. The quantitative estimate of drug-likeness (QED) is 0.415. The van der Waals surface area contributed by atoms with E-state index >= 15 is 0 Å². The Labute approximate surface area is 191 Å². The SMILES string of the molecule is Cc1nc2c[nH]c(-c3ccc(OCCNC(=O)OCc4ccccc4)cc3)cn-2c1=O.Cl. The van der Waals surface area contributed by atoms with Crippen molar-refractivity contribution in [1.82, 2.24) is 19.9 Å². The van der Waals surface area contributed by atoms with Crippen LogP contribution in [0.1, 0.15) is 11.3 Å². The highest BCUT2D eigenvalue weighted by Gasteiger charge is 2.12. The summed E-state index contributed by atoms with van der Waals surface area (Å²) in [5.74, 6) is 1.26. The number of hydrogen-bond donors (Lipinski definition) is 2. The number of carbonyl (C=O) groups excluding carboxylic acids is 1. The predicted molar refractivity (Wildman–Crippen MR) is 123 cm³/mol. The van der Waals surface area contributed by atoms with E-state index < -0.39 is 6.09 Å². The number of fused-ring (bicyclic) bond motifs is 1. The Bertz CT molecular complexity index is 1190. The first-order valence-corrected chi connectivity index (χ1v) is 9.85. The van der Waals surface area contributed by atoms with Crippen molar-refractivity contribution in [3.05, 3.63) is 88.6 Å². The number of aryl methyl sites for hydroxylation is 1. The van der Waals surface area contributed by atoms with E-state index in [-0.39, 0.29) is 24.6 Å². The van der Waals surface area contributed by atoms with Gasteiger partial charge < -0.3 is 19.8 Å². The number of aromatic nitrogens is 3. The molecule has 2 heterocycles. The molecule has 0 spiro atoms. The molecule has 2 aliphatic rings. The second-order valence-corrected chi connectivity index (χ2v) is 6.92. The van der Waals surface area contributed by atoms with Gasteiger partial charge in [0.05, 0.1) is 12.2 Å². The minimum atomic E-state index is -0.485. The van der Waals surface area contributed by atoms with E-state index in [4.69, 9.17) is 9.47 Å². The van der Waals surface area contributed by atoms with Crippen LogP contribution in [0.4, 0.5) is 4.79 Å². The Kier molecular flexibility index (Phi) is 7.51. The monoisotopic (exact) mass is 454 g/mol. The van der Waals surface area contributed by atoms with Crippen molar-refractivity contribution in [3.8, 4) is 22.8 Å². The van der Waals surface area contributed by atoms with Gasteiger partial charge in [0.2, 0.25) is 0 Å². The number of nitrogens with one attached hydrogen (secondary N) is 2. The number of ether oxygens (including phenoxy) is 2. The van der Waals surface area contributed by atoms with Crippen molar-refractivity contribution in [2.75, 3.05) is 13.2 Å². The van der Waals surface area contributed by atoms with E-state index in [0.717, 1.165) is 16.8 Å². The van der Waals surface area contributed by atoms with Gasteiger partial charge in [-0.15, -0.1) is 12.4 Å². The topological polar surface area (TPSA) is 98.2 Å². The van der Waals surface area contributed by atoms with Crippen LogP contribution in [0.5, 0.6) is 5.75 Å². The molecule has 2 aromatic rings. The van der Waals surface area contributed by atoms with Crippen molar-refractivity contribution in [1.29, 1.82) is 0 Å². The Hall–Kier alpha value is -3.78. The summed E-state index contributed by atoms with van der Waals surface area (Å²) in [6, 6.07) is 16.9. The molecule has 0 atom stereocenters. The fourth-order valence-corrected chi connectivity index (χ4v) is 3.07. The maximum absolute atomic E-state index is 12.1. The Balaban J connectivity index is 0.00000289. The highest BCUT2D eigenvalue weighted by Crippen LogP contribution is 2.21. The summed E-state index contributed by atoms with van der Waals surface area (Å²) in [4.78, 5) is 31.2. The van der Waals surface area contributed by atoms with E-state index in [1.165, 1.54) is 4.57 Å². The lowest BCUT2D eigenvalue weighted by atomic mass is 10.1. The average Bonchev–Trinajstić information content (AvgIpc) is 3.09. The molecule has 1 amide bonds. The standard InChI is InChI=1S/C23H22N4O4.ClH/c1-16-22(28)27-14-20(25-13-21(27)26-16)18-7-9-19(10-8-18)30-12-11-24-23(29)31-15-17-5-3-2-4-6-17;/h2-10,13-14,25H,11-12,15H2,1H3,(H,24,29);1H. The van der Waals surface area contributed by atoms with Crippen LogP contribution in [-0.2, 0) is 11.3 Å². The lowest BCUT2D eigenvalue weighted by Crippen LogP contribution is -2.28. The fraction of sp³-hybridized carbons (Fsp3) is 0.174. The smallest absolute Gasteiger partial charge is 0.407 e. The molecule has 0 aromatic heterocycles. The third kappa shape index (κ3) is 5.47. The maximum Gasteiger partial charge on any atom is 0.407 e. The first-order chi connectivity index (χ1) is 15.1. The van der Waals surface area contributed by atoms with E-state index in [9.17, 15) is 9.59 Å². The molecule has 0 saturated heterocycles. The van der Waals surface area contributed by atoms with Crippen molar-refractivity contribution < 1.29 is 14.3 Å². The summed E-state index contributed by atoms with van der Waals surface area (Å²) >= 11 is 0. The molecular formula is C23H23ClN4O4. The van der Waals surface area contributed by atoms with Gasteiger partial charge in [0.1, 0.15) is 24.7 Å². The molecule has 0 radical (unpaired) electrons. The van der Waals surface area contributed by atoms with E-state index in [1.54, 1.807) is 19.3 Å². The van der Waals surface area contributed by atoms with Gasteiger partial charge in [-0.3, -0.25) is 9.36 Å². The fourth-order valence-electron chi connectivity index (χ4n) is 3.07. The van der Waals surface area contributed by atoms with Crippen LogP contribution in [0.25, 0.3) is 17.1 Å². The zero-order valence-electron chi connectivity index (χ0n) is 17.4.